The normalized spacial score (nSPS) is 14.6. The highest BCUT2D eigenvalue weighted by atomic mass is 35.5. The molecule has 1 aliphatic rings. The number of anilines is 1. The number of ether oxygens (including phenoxy) is 1. The van der Waals surface area contributed by atoms with Gasteiger partial charge < -0.3 is 10.1 Å². The third kappa shape index (κ3) is 4.00. The van der Waals surface area contributed by atoms with Crippen LogP contribution < -0.4 is 10.1 Å². The molecule has 0 unspecified atom stereocenters. The number of rotatable bonds is 3. The van der Waals surface area contributed by atoms with Crippen LogP contribution in [0.25, 0.3) is 0 Å². The van der Waals surface area contributed by atoms with Crippen molar-refractivity contribution >= 4 is 34.9 Å². The highest BCUT2D eigenvalue weighted by Gasteiger charge is 2.32. The summed E-state index contributed by atoms with van der Waals surface area (Å²) in [6.45, 7) is 4.00. The van der Waals surface area contributed by atoms with Gasteiger partial charge in [-0.3, -0.25) is 5.21 Å². The molecule has 5 nitrogen and oxygen atoms in total. The second-order valence-electron chi connectivity index (χ2n) is 6.56. The summed E-state index contributed by atoms with van der Waals surface area (Å²) in [7, 11) is 0. The molecule has 2 amide bonds. The van der Waals surface area contributed by atoms with Gasteiger partial charge in [0.15, 0.2) is 0 Å². The number of hydrogen-bond acceptors (Lipinski definition) is 3. The van der Waals surface area contributed by atoms with Gasteiger partial charge in [-0.05, 0) is 37.6 Å². The van der Waals surface area contributed by atoms with Crippen LogP contribution in [-0.2, 0) is 13.0 Å². The van der Waals surface area contributed by atoms with Crippen LogP contribution in [-0.4, -0.2) is 21.9 Å². The van der Waals surface area contributed by atoms with Crippen molar-refractivity contribution < 1.29 is 14.7 Å². The van der Waals surface area contributed by atoms with Crippen molar-refractivity contribution in [1.29, 1.82) is 0 Å². The number of urea groups is 1. The van der Waals surface area contributed by atoms with Crippen molar-refractivity contribution in [2.24, 2.45) is 0 Å². The minimum Gasteiger partial charge on any atom is -0.487 e. The van der Waals surface area contributed by atoms with E-state index >= 15 is 0 Å². The first-order chi connectivity index (χ1) is 11.7. The van der Waals surface area contributed by atoms with Crippen molar-refractivity contribution in [3.8, 4) is 5.75 Å². The number of nitrogens with zero attached hydrogens (tertiary/aromatic N) is 1. The summed E-state index contributed by atoms with van der Waals surface area (Å²) in [6.07, 6.45) is 0.786. The second kappa shape index (κ2) is 6.75. The molecule has 3 rings (SSSR count). The van der Waals surface area contributed by atoms with E-state index in [-0.39, 0.29) is 12.1 Å². The lowest BCUT2D eigenvalue weighted by atomic mass is 10.0. The van der Waals surface area contributed by atoms with Crippen LogP contribution in [0.15, 0.2) is 36.4 Å². The monoisotopic (exact) mass is 380 g/mol. The first-order valence-electron chi connectivity index (χ1n) is 7.77. The Bertz CT molecular complexity index is 824. The van der Waals surface area contributed by atoms with Crippen LogP contribution in [0.2, 0.25) is 10.0 Å². The van der Waals surface area contributed by atoms with E-state index in [4.69, 9.17) is 27.9 Å². The average Bonchev–Trinajstić information content (AvgIpc) is 2.85. The van der Waals surface area contributed by atoms with E-state index < -0.39 is 6.03 Å². The predicted molar refractivity (Wildman–Crippen MR) is 97.7 cm³/mol. The van der Waals surface area contributed by atoms with Gasteiger partial charge in [0, 0.05) is 17.0 Å². The highest BCUT2D eigenvalue weighted by molar-refractivity contribution is 6.36. The van der Waals surface area contributed by atoms with Crippen LogP contribution >= 0.6 is 23.2 Å². The molecule has 132 valence electrons. The van der Waals surface area contributed by atoms with Crippen LogP contribution in [0, 0.1) is 0 Å². The molecule has 0 aromatic heterocycles. The Morgan fingerprint density at radius 2 is 2.08 bits per heavy atom. The van der Waals surface area contributed by atoms with E-state index in [0.717, 1.165) is 23.3 Å². The fourth-order valence-electron chi connectivity index (χ4n) is 2.81. The lowest BCUT2D eigenvalue weighted by Gasteiger charge is -2.20. The van der Waals surface area contributed by atoms with E-state index in [1.165, 1.54) is 6.07 Å². The number of carbonyl (C=O) groups excluding carboxylic acids is 1. The van der Waals surface area contributed by atoms with Gasteiger partial charge in [0.1, 0.15) is 11.4 Å². The molecule has 7 heteroatoms. The Kier molecular flexibility index (Phi) is 4.82. The predicted octanol–water partition coefficient (Wildman–Crippen LogP) is 5.13. The van der Waals surface area contributed by atoms with Gasteiger partial charge in [0.05, 0.1) is 17.3 Å². The molecule has 25 heavy (non-hydrogen) atoms. The van der Waals surface area contributed by atoms with Crippen molar-refractivity contribution in [2.75, 3.05) is 5.32 Å². The summed E-state index contributed by atoms with van der Waals surface area (Å²) >= 11 is 11.9. The molecule has 0 radical (unpaired) electrons. The molecule has 0 bridgehead atoms. The van der Waals surface area contributed by atoms with E-state index in [9.17, 15) is 10.0 Å². The van der Waals surface area contributed by atoms with Crippen molar-refractivity contribution in [3.63, 3.8) is 0 Å². The van der Waals surface area contributed by atoms with Crippen LogP contribution in [0.1, 0.15) is 25.0 Å². The molecule has 0 fully saturated rings. The van der Waals surface area contributed by atoms with Crippen molar-refractivity contribution in [1.82, 2.24) is 5.06 Å². The number of halogens is 2. The standard InChI is InChI=1S/C18H18Cl2N2O3/c1-18(2)9-11-4-3-5-12(16(11)25-18)10-22(24)17(23)21-15-7-6-13(19)8-14(15)20/h3-8,24H,9-10H2,1-2H3,(H,21,23). The smallest absolute Gasteiger partial charge is 0.345 e. The van der Waals surface area contributed by atoms with Gasteiger partial charge in [-0.25, -0.2) is 9.86 Å². The summed E-state index contributed by atoms with van der Waals surface area (Å²) in [5.74, 6) is 0.726. The molecule has 0 aliphatic carbocycles. The quantitative estimate of drug-likeness (QED) is 0.572. The number of hydroxylamine groups is 2. The highest BCUT2D eigenvalue weighted by Crippen LogP contribution is 2.38. The summed E-state index contributed by atoms with van der Waals surface area (Å²) in [5.41, 5.74) is 1.88. The van der Waals surface area contributed by atoms with Gasteiger partial charge in [-0.2, -0.15) is 0 Å². The number of hydrogen-bond donors (Lipinski definition) is 2. The molecule has 1 heterocycles. The molecule has 0 saturated heterocycles. The third-order valence-electron chi connectivity index (χ3n) is 3.90. The van der Waals surface area contributed by atoms with Gasteiger partial charge in [0.25, 0.3) is 0 Å². The van der Waals surface area contributed by atoms with Crippen molar-refractivity contribution in [3.05, 3.63) is 57.6 Å². The molecule has 0 atom stereocenters. The van der Waals surface area contributed by atoms with Gasteiger partial charge in [-0.15, -0.1) is 0 Å². The Labute approximate surface area is 156 Å². The molecule has 0 spiro atoms. The lowest BCUT2D eigenvalue weighted by Crippen LogP contribution is -2.32. The maximum atomic E-state index is 12.2. The Hall–Kier alpha value is -1.95. The Morgan fingerprint density at radius 1 is 1.32 bits per heavy atom. The van der Waals surface area contributed by atoms with Crippen LogP contribution in [0.5, 0.6) is 5.75 Å². The second-order valence-corrected chi connectivity index (χ2v) is 7.40. The molecule has 2 N–H and O–H groups in total. The minimum absolute atomic E-state index is 0.00368. The summed E-state index contributed by atoms with van der Waals surface area (Å²) < 4.78 is 5.95. The zero-order valence-corrected chi connectivity index (χ0v) is 15.4. The van der Waals surface area contributed by atoms with Gasteiger partial charge in [-0.1, -0.05) is 41.4 Å². The van der Waals surface area contributed by atoms with Crippen LogP contribution in [0.3, 0.4) is 0 Å². The fraction of sp³-hybridized carbons (Fsp3) is 0.278. The first-order valence-corrected chi connectivity index (χ1v) is 8.53. The minimum atomic E-state index is -0.695. The number of para-hydroxylation sites is 1. The fourth-order valence-corrected chi connectivity index (χ4v) is 3.26. The van der Waals surface area contributed by atoms with Gasteiger partial charge >= 0.3 is 6.03 Å². The van der Waals surface area contributed by atoms with Gasteiger partial charge in [0.2, 0.25) is 0 Å². The summed E-state index contributed by atoms with van der Waals surface area (Å²) in [6, 6.07) is 9.70. The Balaban J connectivity index is 1.72. The molecule has 0 saturated carbocycles. The number of amides is 2. The van der Waals surface area contributed by atoms with E-state index in [0.29, 0.717) is 20.8 Å². The molecule has 2 aromatic rings. The van der Waals surface area contributed by atoms with E-state index in [1.54, 1.807) is 12.1 Å². The third-order valence-corrected chi connectivity index (χ3v) is 4.45. The molecular formula is C18H18Cl2N2O3. The van der Waals surface area contributed by atoms with Crippen molar-refractivity contribution in [2.45, 2.75) is 32.4 Å². The average molecular weight is 381 g/mol. The lowest BCUT2D eigenvalue weighted by molar-refractivity contribution is -0.0457. The SMILES string of the molecule is CC1(C)Cc2cccc(CN(O)C(=O)Nc3ccc(Cl)cc3Cl)c2O1. The van der Waals surface area contributed by atoms with E-state index in [2.05, 4.69) is 5.32 Å². The van der Waals surface area contributed by atoms with E-state index in [1.807, 2.05) is 32.0 Å². The zero-order chi connectivity index (χ0) is 18.2. The number of benzene rings is 2. The number of carbonyl (C=O) groups is 1. The number of fused-ring (bicyclic) bond motifs is 1. The topological polar surface area (TPSA) is 61.8 Å². The maximum Gasteiger partial charge on any atom is 0.345 e. The number of nitrogens with one attached hydrogen (secondary N) is 1. The molecule has 1 aliphatic heterocycles. The summed E-state index contributed by atoms with van der Waals surface area (Å²) in [5, 5.41) is 14.0. The molecule has 2 aromatic carbocycles. The maximum absolute atomic E-state index is 12.2. The zero-order valence-electron chi connectivity index (χ0n) is 13.8. The molecular weight excluding hydrogens is 363 g/mol. The summed E-state index contributed by atoms with van der Waals surface area (Å²) in [4.78, 5) is 12.2. The van der Waals surface area contributed by atoms with Crippen LogP contribution in [0.4, 0.5) is 10.5 Å². The first kappa shape index (κ1) is 17.9. The largest absolute Gasteiger partial charge is 0.487 e. The Morgan fingerprint density at radius 3 is 2.80 bits per heavy atom.